The van der Waals surface area contributed by atoms with E-state index in [-0.39, 0.29) is 5.91 Å². The van der Waals surface area contributed by atoms with Gasteiger partial charge in [0.15, 0.2) is 0 Å². The highest BCUT2D eigenvalue weighted by molar-refractivity contribution is 9.10. The molecule has 1 aliphatic rings. The molecule has 0 bridgehead atoms. The second kappa shape index (κ2) is 5.92. The summed E-state index contributed by atoms with van der Waals surface area (Å²) in [5, 5.41) is 2.68. The smallest absolute Gasteiger partial charge is 0.262 e. The molecular weight excluding hydrogens is 346 g/mol. The highest BCUT2D eigenvalue weighted by Crippen LogP contribution is 2.31. The number of rotatable bonds is 3. The van der Waals surface area contributed by atoms with Gasteiger partial charge in [0.2, 0.25) is 0 Å². The van der Waals surface area contributed by atoms with Crippen molar-refractivity contribution < 1.29 is 4.79 Å². The van der Waals surface area contributed by atoms with Crippen molar-refractivity contribution in [2.75, 3.05) is 0 Å². The molecule has 21 heavy (non-hydrogen) atoms. The van der Waals surface area contributed by atoms with Crippen molar-refractivity contribution in [1.29, 1.82) is 0 Å². The fraction of sp³-hybridized carbons (Fsp3) is 0. The summed E-state index contributed by atoms with van der Waals surface area (Å²) in [5.41, 5.74) is 2.97. The number of halogens is 1. The van der Waals surface area contributed by atoms with Gasteiger partial charge in [0.25, 0.3) is 5.91 Å². The monoisotopic (exact) mass is 357 g/mol. The molecule has 0 aromatic heterocycles. The minimum Gasteiger partial charge on any atom is -0.322 e. The van der Waals surface area contributed by atoms with Gasteiger partial charge in [0.05, 0.1) is 4.91 Å². The van der Waals surface area contributed by atoms with E-state index < -0.39 is 0 Å². The van der Waals surface area contributed by atoms with Gasteiger partial charge in [-0.2, -0.15) is 0 Å². The van der Waals surface area contributed by atoms with Gasteiger partial charge in [-0.25, -0.2) is 0 Å². The fourth-order valence-corrected chi connectivity index (χ4v) is 3.16. The maximum Gasteiger partial charge on any atom is 0.262 e. The highest BCUT2D eigenvalue weighted by Gasteiger charge is 2.18. The molecule has 2 nitrogen and oxygen atoms in total. The van der Waals surface area contributed by atoms with Crippen LogP contribution in [0.4, 0.5) is 0 Å². The normalized spacial score (nSPS) is 14.0. The molecule has 4 heteroatoms. The van der Waals surface area contributed by atoms with Crippen LogP contribution in [0.25, 0.3) is 11.1 Å². The first kappa shape index (κ1) is 14.2. The molecule has 0 saturated heterocycles. The summed E-state index contributed by atoms with van der Waals surface area (Å²) in [6, 6.07) is 16.4. The minimum atomic E-state index is -0.0815. The Bertz CT molecular complexity index is 732. The summed E-state index contributed by atoms with van der Waals surface area (Å²) in [7, 11) is 0. The molecule has 1 amide bonds. The van der Waals surface area contributed by atoms with Crippen LogP contribution in [0.2, 0.25) is 0 Å². The van der Waals surface area contributed by atoms with Gasteiger partial charge in [-0.15, -0.1) is 0 Å². The van der Waals surface area contributed by atoms with Crippen molar-refractivity contribution in [1.82, 2.24) is 5.32 Å². The van der Waals surface area contributed by atoms with Crippen LogP contribution in [-0.2, 0) is 4.79 Å². The number of hydrogen-bond donors (Lipinski definition) is 1. The molecule has 0 unspecified atom stereocenters. The molecule has 0 radical (unpaired) electrons. The second-order valence-corrected chi connectivity index (χ2v) is 6.65. The van der Waals surface area contributed by atoms with E-state index in [1.165, 1.54) is 17.3 Å². The zero-order valence-corrected chi connectivity index (χ0v) is 13.5. The minimum absolute atomic E-state index is 0.0815. The van der Waals surface area contributed by atoms with E-state index in [0.29, 0.717) is 10.6 Å². The topological polar surface area (TPSA) is 29.1 Å². The van der Waals surface area contributed by atoms with Crippen molar-refractivity contribution in [3.8, 4) is 11.1 Å². The Hall–Kier alpha value is -1.78. The third kappa shape index (κ3) is 3.28. The Morgan fingerprint density at radius 3 is 2.05 bits per heavy atom. The molecule has 2 aromatic carbocycles. The quantitative estimate of drug-likeness (QED) is 0.859. The standard InChI is InChI=1S/C17H12BrNOS/c1-11-10-16(17(20)19-11)21-15-8-4-13(5-9-15)12-2-6-14(18)7-3-12/h2-10H,1H2,(H,19,20). The van der Waals surface area contributed by atoms with Crippen LogP contribution in [0.1, 0.15) is 0 Å². The zero-order chi connectivity index (χ0) is 14.8. The predicted octanol–water partition coefficient (Wildman–Crippen LogP) is 4.74. The summed E-state index contributed by atoms with van der Waals surface area (Å²) in [6.45, 7) is 3.73. The molecule has 1 heterocycles. The van der Waals surface area contributed by atoms with Crippen LogP contribution >= 0.6 is 27.7 Å². The summed E-state index contributed by atoms with van der Waals surface area (Å²) in [5.74, 6) is -0.0815. The number of amides is 1. The summed E-state index contributed by atoms with van der Waals surface area (Å²) >= 11 is 4.88. The summed E-state index contributed by atoms with van der Waals surface area (Å²) in [4.78, 5) is 13.4. The number of benzene rings is 2. The molecule has 0 saturated carbocycles. The van der Waals surface area contributed by atoms with Crippen LogP contribution < -0.4 is 5.32 Å². The molecule has 0 spiro atoms. The van der Waals surface area contributed by atoms with Gasteiger partial charge in [0.1, 0.15) is 0 Å². The lowest BCUT2D eigenvalue weighted by Gasteiger charge is -2.04. The average molecular weight is 358 g/mol. The van der Waals surface area contributed by atoms with Gasteiger partial charge in [-0.05, 0) is 41.5 Å². The van der Waals surface area contributed by atoms with Crippen molar-refractivity contribution >= 4 is 33.6 Å². The molecule has 104 valence electrons. The molecule has 3 rings (SSSR count). The van der Waals surface area contributed by atoms with E-state index in [4.69, 9.17) is 0 Å². The Morgan fingerprint density at radius 1 is 0.952 bits per heavy atom. The molecule has 0 aliphatic carbocycles. The summed E-state index contributed by atoms with van der Waals surface area (Å²) in [6.07, 6.45) is 1.77. The van der Waals surface area contributed by atoms with E-state index >= 15 is 0 Å². The first-order valence-corrected chi connectivity index (χ1v) is 7.98. The number of carbonyl (C=O) groups is 1. The molecule has 0 fully saturated rings. The molecule has 0 atom stereocenters. The maximum absolute atomic E-state index is 11.6. The average Bonchev–Trinajstić information content (AvgIpc) is 2.79. The lowest BCUT2D eigenvalue weighted by atomic mass is 10.1. The van der Waals surface area contributed by atoms with Crippen LogP contribution in [-0.4, -0.2) is 5.91 Å². The number of hydrogen-bond acceptors (Lipinski definition) is 2. The first-order valence-electron chi connectivity index (χ1n) is 6.37. The Kier molecular flexibility index (Phi) is 3.99. The van der Waals surface area contributed by atoms with Crippen molar-refractivity contribution in [3.05, 3.63) is 76.3 Å². The van der Waals surface area contributed by atoms with E-state index in [1.807, 2.05) is 24.3 Å². The Morgan fingerprint density at radius 2 is 1.52 bits per heavy atom. The fourth-order valence-electron chi connectivity index (χ4n) is 2.03. The maximum atomic E-state index is 11.6. The van der Waals surface area contributed by atoms with Crippen LogP contribution in [0.5, 0.6) is 0 Å². The third-order valence-electron chi connectivity index (χ3n) is 3.06. The lowest BCUT2D eigenvalue weighted by Crippen LogP contribution is -2.14. The second-order valence-electron chi connectivity index (χ2n) is 4.62. The molecule has 1 N–H and O–H groups in total. The van der Waals surface area contributed by atoms with E-state index in [0.717, 1.165) is 14.9 Å². The van der Waals surface area contributed by atoms with Gasteiger partial charge < -0.3 is 5.32 Å². The van der Waals surface area contributed by atoms with Crippen molar-refractivity contribution in [2.45, 2.75) is 4.90 Å². The first-order chi connectivity index (χ1) is 10.1. The number of nitrogens with one attached hydrogen (secondary N) is 1. The van der Waals surface area contributed by atoms with E-state index in [1.54, 1.807) is 6.08 Å². The largest absolute Gasteiger partial charge is 0.322 e. The zero-order valence-electron chi connectivity index (χ0n) is 11.1. The predicted molar refractivity (Wildman–Crippen MR) is 90.8 cm³/mol. The highest BCUT2D eigenvalue weighted by atomic mass is 79.9. The van der Waals surface area contributed by atoms with Gasteiger partial charge in [-0.1, -0.05) is 58.5 Å². The van der Waals surface area contributed by atoms with E-state index in [9.17, 15) is 4.79 Å². The van der Waals surface area contributed by atoms with Crippen molar-refractivity contribution in [3.63, 3.8) is 0 Å². The Balaban J connectivity index is 1.78. The van der Waals surface area contributed by atoms with E-state index in [2.05, 4.69) is 52.1 Å². The van der Waals surface area contributed by atoms with Crippen molar-refractivity contribution in [2.24, 2.45) is 0 Å². The SMILES string of the molecule is C=C1C=C(Sc2ccc(-c3ccc(Br)cc3)cc2)C(=O)N1. The molecule has 1 aliphatic heterocycles. The summed E-state index contributed by atoms with van der Waals surface area (Å²) < 4.78 is 1.07. The number of thioether (sulfide) groups is 1. The number of allylic oxidation sites excluding steroid dienone is 1. The van der Waals surface area contributed by atoms with Gasteiger partial charge in [-0.3, -0.25) is 4.79 Å². The van der Waals surface area contributed by atoms with Gasteiger partial charge >= 0.3 is 0 Å². The van der Waals surface area contributed by atoms with Crippen LogP contribution in [0.3, 0.4) is 0 Å². The molecule has 2 aromatic rings. The molecular formula is C17H12BrNOS. The third-order valence-corrected chi connectivity index (χ3v) is 4.62. The number of carbonyl (C=O) groups excluding carboxylic acids is 1. The van der Waals surface area contributed by atoms with Crippen LogP contribution in [0, 0.1) is 0 Å². The van der Waals surface area contributed by atoms with Crippen LogP contribution in [0.15, 0.2) is 81.2 Å². The lowest BCUT2D eigenvalue weighted by molar-refractivity contribution is -0.115. The van der Waals surface area contributed by atoms with Gasteiger partial charge in [0, 0.05) is 15.1 Å². The Labute approximate surface area is 136 Å².